The Labute approximate surface area is 199 Å². The van der Waals surface area contributed by atoms with Crippen molar-refractivity contribution >= 4 is 11.8 Å². The van der Waals surface area contributed by atoms with E-state index in [1.807, 2.05) is 76.7 Å². The minimum Gasteiger partial charge on any atom is -0.379 e. The molecule has 0 spiro atoms. The van der Waals surface area contributed by atoms with Crippen LogP contribution < -0.4 is 0 Å². The van der Waals surface area contributed by atoms with E-state index in [-0.39, 0.29) is 11.8 Å². The van der Waals surface area contributed by atoms with Crippen LogP contribution in [0.25, 0.3) is 16.9 Å². The topological polar surface area (TPSA) is 70.9 Å². The molecule has 0 saturated carbocycles. The highest BCUT2D eigenvalue weighted by molar-refractivity contribution is 6.00. The normalized spacial score (nSPS) is 17.1. The molecule has 2 aliphatic rings. The molecule has 3 aromatic rings. The Morgan fingerprint density at radius 2 is 1.41 bits per heavy atom. The molecule has 2 amide bonds. The Balaban J connectivity index is 1.30. The van der Waals surface area contributed by atoms with Crippen molar-refractivity contribution in [1.82, 2.24) is 24.5 Å². The molecule has 5 rings (SSSR count). The summed E-state index contributed by atoms with van der Waals surface area (Å²) in [7, 11) is 0. The van der Waals surface area contributed by atoms with Gasteiger partial charge in [0.15, 0.2) is 0 Å². The van der Waals surface area contributed by atoms with E-state index in [0.717, 1.165) is 24.3 Å². The first kappa shape index (κ1) is 22.3. The van der Waals surface area contributed by atoms with Crippen molar-refractivity contribution in [1.29, 1.82) is 0 Å². The molecule has 0 bridgehead atoms. The smallest absolute Gasteiger partial charge is 0.257 e. The van der Waals surface area contributed by atoms with Gasteiger partial charge in [0.2, 0.25) is 5.91 Å². The van der Waals surface area contributed by atoms with Crippen LogP contribution in [-0.4, -0.2) is 95.3 Å². The maximum Gasteiger partial charge on any atom is 0.257 e. The van der Waals surface area contributed by atoms with E-state index >= 15 is 0 Å². The van der Waals surface area contributed by atoms with Crippen molar-refractivity contribution in [3.63, 3.8) is 0 Å². The summed E-state index contributed by atoms with van der Waals surface area (Å²) in [6.45, 7) is 5.46. The maximum atomic E-state index is 13.6. The van der Waals surface area contributed by atoms with Crippen LogP contribution >= 0.6 is 0 Å². The zero-order valence-corrected chi connectivity index (χ0v) is 19.2. The van der Waals surface area contributed by atoms with Crippen molar-refractivity contribution in [2.45, 2.75) is 0 Å². The molecule has 0 atom stereocenters. The number of aromatic nitrogens is 2. The number of carbonyl (C=O) groups excluding carboxylic acids is 2. The lowest BCUT2D eigenvalue weighted by Crippen LogP contribution is -2.53. The van der Waals surface area contributed by atoms with Crippen molar-refractivity contribution < 1.29 is 14.3 Å². The third kappa shape index (κ3) is 4.88. The second kappa shape index (κ2) is 10.2. The largest absolute Gasteiger partial charge is 0.379 e. The SMILES string of the molecule is O=C(CN1CCOCC1)N1CCN(C(=O)c2cn(-c3ccccc3)nc2-c2ccccc2)CC1. The Kier molecular flexibility index (Phi) is 6.69. The van der Waals surface area contributed by atoms with E-state index in [1.54, 1.807) is 4.68 Å². The minimum absolute atomic E-state index is 0.0543. The first-order valence-electron chi connectivity index (χ1n) is 11.8. The Morgan fingerprint density at radius 3 is 2.09 bits per heavy atom. The van der Waals surface area contributed by atoms with Gasteiger partial charge in [-0.2, -0.15) is 5.10 Å². The lowest BCUT2D eigenvalue weighted by Gasteiger charge is -2.36. The highest BCUT2D eigenvalue weighted by Crippen LogP contribution is 2.25. The molecule has 176 valence electrons. The van der Waals surface area contributed by atoms with E-state index in [4.69, 9.17) is 9.84 Å². The summed E-state index contributed by atoms with van der Waals surface area (Å²) in [6, 6.07) is 19.6. The van der Waals surface area contributed by atoms with Gasteiger partial charge in [0.25, 0.3) is 5.91 Å². The third-order valence-corrected chi connectivity index (χ3v) is 6.39. The molecule has 0 unspecified atom stereocenters. The number of carbonyl (C=O) groups is 2. The van der Waals surface area contributed by atoms with Crippen LogP contribution in [0.2, 0.25) is 0 Å². The number of hydrogen-bond donors (Lipinski definition) is 0. The zero-order chi connectivity index (χ0) is 23.3. The summed E-state index contributed by atoms with van der Waals surface area (Å²) in [5.41, 5.74) is 3.04. The van der Waals surface area contributed by atoms with Crippen molar-refractivity contribution in [3.8, 4) is 16.9 Å². The van der Waals surface area contributed by atoms with Crippen molar-refractivity contribution in [3.05, 3.63) is 72.4 Å². The number of para-hydroxylation sites is 1. The average Bonchev–Trinajstić information content (AvgIpc) is 3.36. The van der Waals surface area contributed by atoms with E-state index < -0.39 is 0 Å². The van der Waals surface area contributed by atoms with Crippen LogP contribution in [0, 0.1) is 0 Å². The monoisotopic (exact) mass is 459 g/mol. The first-order chi connectivity index (χ1) is 16.7. The van der Waals surface area contributed by atoms with Gasteiger partial charge in [-0.05, 0) is 12.1 Å². The molecule has 0 radical (unpaired) electrons. The predicted molar refractivity (Wildman–Crippen MR) is 129 cm³/mol. The number of amides is 2. The van der Waals surface area contributed by atoms with Crippen LogP contribution in [0.15, 0.2) is 66.9 Å². The summed E-state index contributed by atoms with van der Waals surface area (Å²) in [5, 5.41) is 4.76. The van der Waals surface area contributed by atoms with E-state index in [9.17, 15) is 9.59 Å². The Bertz CT molecular complexity index is 1120. The van der Waals surface area contributed by atoms with Gasteiger partial charge in [-0.1, -0.05) is 48.5 Å². The van der Waals surface area contributed by atoms with Gasteiger partial charge in [-0.3, -0.25) is 14.5 Å². The highest BCUT2D eigenvalue weighted by atomic mass is 16.5. The summed E-state index contributed by atoms with van der Waals surface area (Å²) in [4.78, 5) is 32.1. The summed E-state index contributed by atoms with van der Waals surface area (Å²) >= 11 is 0. The fraction of sp³-hybridized carbons (Fsp3) is 0.346. The lowest BCUT2D eigenvalue weighted by molar-refractivity contribution is -0.134. The van der Waals surface area contributed by atoms with E-state index in [1.165, 1.54) is 0 Å². The minimum atomic E-state index is -0.0543. The van der Waals surface area contributed by atoms with Gasteiger partial charge in [0.05, 0.1) is 31.0 Å². The number of nitrogens with zero attached hydrogens (tertiary/aromatic N) is 5. The van der Waals surface area contributed by atoms with E-state index in [2.05, 4.69) is 4.90 Å². The molecule has 8 nitrogen and oxygen atoms in total. The molecule has 8 heteroatoms. The van der Waals surface area contributed by atoms with Gasteiger partial charge in [0, 0.05) is 51.0 Å². The average molecular weight is 460 g/mol. The quantitative estimate of drug-likeness (QED) is 0.585. The lowest BCUT2D eigenvalue weighted by atomic mass is 10.1. The molecule has 0 aliphatic carbocycles. The Hall–Kier alpha value is -3.49. The maximum absolute atomic E-state index is 13.6. The van der Waals surface area contributed by atoms with E-state index in [0.29, 0.717) is 57.2 Å². The molecule has 2 saturated heterocycles. The first-order valence-corrected chi connectivity index (χ1v) is 11.8. The second-order valence-corrected chi connectivity index (χ2v) is 8.60. The van der Waals surface area contributed by atoms with Gasteiger partial charge in [0.1, 0.15) is 5.69 Å². The molecule has 1 aromatic heterocycles. The summed E-state index contributed by atoms with van der Waals surface area (Å²) < 4.78 is 7.12. The van der Waals surface area contributed by atoms with Gasteiger partial charge < -0.3 is 14.5 Å². The molecule has 2 aliphatic heterocycles. The standard InChI is InChI=1S/C26H29N5O3/c32-24(20-28-15-17-34-18-16-28)29-11-13-30(14-12-29)26(33)23-19-31(22-9-5-2-6-10-22)27-25(23)21-7-3-1-4-8-21/h1-10,19H,11-18,20H2. The number of hydrogen-bond acceptors (Lipinski definition) is 5. The van der Waals surface area contributed by atoms with Crippen LogP contribution in [-0.2, 0) is 9.53 Å². The number of rotatable bonds is 5. The van der Waals surface area contributed by atoms with Crippen LogP contribution in [0.3, 0.4) is 0 Å². The van der Waals surface area contributed by atoms with Crippen molar-refractivity contribution in [2.75, 3.05) is 59.0 Å². The third-order valence-electron chi connectivity index (χ3n) is 6.39. The number of morpholine rings is 1. The number of benzene rings is 2. The zero-order valence-electron chi connectivity index (χ0n) is 19.2. The van der Waals surface area contributed by atoms with Crippen LogP contribution in [0.5, 0.6) is 0 Å². The second-order valence-electron chi connectivity index (χ2n) is 8.60. The molecule has 2 aromatic carbocycles. The molecular formula is C26H29N5O3. The highest BCUT2D eigenvalue weighted by Gasteiger charge is 2.29. The Morgan fingerprint density at radius 1 is 0.794 bits per heavy atom. The fourth-order valence-electron chi connectivity index (χ4n) is 4.43. The van der Waals surface area contributed by atoms with Crippen molar-refractivity contribution in [2.24, 2.45) is 0 Å². The van der Waals surface area contributed by atoms with Gasteiger partial charge in [-0.25, -0.2) is 4.68 Å². The summed E-state index contributed by atoms with van der Waals surface area (Å²) in [5.74, 6) is 0.0668. The van der Waals surface area contributed by atoms with Gasteiger partial charge in [-0.15, -0.1) is 0 Å². The van der Waals surface area contributed by atoms with Gasteiger partial charge >= 0.3 is 0 Å². The predicted octanol–water partition coefficient (Wildman–Crippen LogP) is 2.16. The molecule has 3 heterocycles. The molecular weight excluding hydrogens is 430 g/mol. The summed E-state index contributed by atoms with van der Waals surface area (Å²) in [6.07, 6.45) is 1.82. The molecule has 34 heavy (non-hydrogen) atoms. The molecule has 2 fully saturated rings. The fourth-order valence-corrected chi connectivity index (χ4v) is 4.43. The molecule has 0 N–H and O–H groups in total. The van der Waals surface area contributed by atoms with Crippen LogP contribution in [0.1, 0.15) is 10.4 Å². The number of ether oxygens (including phenoxy) is 1. The number of piperazine rings is 1. The van der Waals surface area contributed by atoms with Crippen LogP contribution in [0.4, 0.5) is 0 Å².